The van der Waals surface area contributed by atoms with Gasteiger partial charge in [0.25, 0.3) is 0 Å². The second-order valence-electron chi connectivity index (χ2n) is 5.38. The molecule has 0 saturated carbocycles. The van der Waals surface area contributed by atoms with Crippen LogP contribution >= 0.6 is 0 Å². The van der Waals surface area contributed by atoms with E-state index in [1.807, 2.05) is 27.0 Å². The van der Waals surface area contributed by atoms with Gasteiger partial charge in [-0.2, -0.15) is 5.10 Å². The van der Waals surface area contributed by atoms with Gasteiger partial charge in [-0.25, -0.2) is 9.38 Å². The number of nitrogens with zero attached hydrogens (tertiary/aromatic N) is 3. The van der Waals surface area contributed by atoms with Gasteiger partial charge in [0.1, 0.15) is 6.10 Å². The summed E-state index contributed by atoms with van der Waals surface area (Å²) in [6, 6.07) is 8.32. The van der Waals surface area contributed by atoms with Crippen molar-refractivity contribution < 1.29 is 9.13 Å². The van der Waals surface area contributed by atoms with Crippen LogP contribution < -0.4 is 15.4 Å². The Morgan fingerprint density at radius 2 is 2.12 bits per heavy atom. The number of aryl methyl sites for hydroxylation is 1. The Morgan fingerprint density at radius 3 is 2.79 bits per heavy atom. The minimum Gasteiger partial charge on any atom is -0.486 e. The van der Waals surface area contributed by atoms with Crippen LogP contribution in [-0.2, 0) is 13.6 Å². The normalized spacial score (nSPS) is 12.8. The van der Waals surface area contributed by atoms with E-state index in [2.05, 4.69) is 20.7 Å². The Hall–Kier alpha value is -2.57. The molecule has 0 bridgehead atoms. The molecule has 2 rings (SSSR count). The summed E-state index contributed by atoms with van der Waals surface area (Å²) in [5.41, 5.74) is 1.02. The maximum atomic E-state index is 13.6. The molecule has 130 valence electrons. The number of halogens is 1. The Kier molecular flexibility index (Phi) is 6.60. The third-order valence-corrected chi connectivity index (χ3v) is 3.39. The van der Waals surface area contributed by atoms with Gasteiger partial charge in [0.2, 0.25) is 0 Å². The van der Waals surface area contributed by atoms with Crippen LogP contribution in [-0.4, -0.2) is 34.9 Å². The second kappa shape index (κ2) is 8.90. The number of benzene rings is 1. The molecular formula is C17H24FN5O. The van der Waals surface area contributed by atoms with Gasteiger partial charge in [0, 0.05) is 19.8 Å². The van der Waals surface area contributed by atoms with Gasteiger partial charge in [0.05, 0.1) is 18.8 Å². The van der Waals surface area contributed by atoms with Gasteiger partial charge in [0.15, 0.2) is 17.5 Å². The van der Waals surface area contributed by atoms with Gasteiger partial charge >= 0.3 is 0 Å². The summed E-state index contributed by atoms with van der Waals surface area (Å²) in [4.78, 5) is 4.52. The highest BCUT2D eigenvalue weighted by Gasteiger charge is 2.09. The van der Waals surface area contributed by atoms with Gasteiger partial charge in [-0.05, 0) is 32.0 Å². The van der Waals surface area contributed by atoms with Crippen LogP contribution in [0.3, 0.4) is 0 Å². The maximum absolute atomic E-state index is 13.6. The number of aromatic nitrogens is 2. The molecule has 1 unspecified atom stereocenters. The zero-order chi connectivity index (χ0) is 17.4. The van der Waals surface area contributed by atoms with Crippen LogP contribution in [0, 0.1) is 5.82 Å². The van der Waals surface area contributed by atoms with Crippen molar-refractivity contribution in [1.82, 2.24) is 20.4 Å². The Labute approximate surface area is 141 Å². The van der Waals surface area contributed by atoms with Gasteiger partial charge in [-0.1, -0.05) is 12.1 Å². The van der Waals surface area contributed by atoms with Gasteiger partial charge in [-0.15, -0.1) is 0 Å². The van der Waals surface area contributed by atoms with E-state index in [-0.39, 0.29) is 17.7 Å². The van der Waals surface area contributed by atoms with Crippen molar-refractivity contribution in [3.63, 3.8) is 0 Å². The van der Waals surface area contributed by atoms with Crippen LogP contribution in [0.15, 0.2) is 41.5 Å². The molecular weight excluding hydrogens is 309 g/mol. The Morgan fingerprint density at radius 1 is 1.33 bits per heavy atom. The number of nitrogens with one attached hydrogen (secondary N) is 2. The van der Waals surface area contributed by atoms with Crippen LogP contribution in [0.1, 0.15) is 19.5 Å². The van der Waals surface area contributed by atoms with Crippen molar-refractivity contribution >= 4 is 5.96 Å². The quantitative estimate of drug-likeness (QED) is 0.601. The fourth-order valence-electron chi connectivity index (χ4n) is 2.10. The summed E-state index contributed by atoms with van der Waals surface area (Å²) in [6.45, 7) is 5.66. The number of guanidine groups is 1. The second-order valence-corrected chi connectivity index (χ2v) is 5.38. The molecule has 1 atom stereocenters. The Balaban J connectivity index is 1.88. The van der Waals surface area contributed by atoms with Crippen LogP contribution in [0.2, 0.25) is 0 Å². The first-order valence-corrected chi connectivity index (χ1v) is 8.00. The first-order chi connectivity index (χ1) is 11.6. The average Bonchev–Trinajstić information content (AvgIpc) is 2.97. The molecule has 0 aliphatic heterocycles. The lowest BCUT2D eigenvalue weighted by Gasteiger charge is -2.18. The minimum atomic E-state index is -0.360. The molecule has 1 aromatic carbocycles. The molecule has 0 aliphatic carbocycles. The molecule has 2 N–H and O–H groups in total. The molecule has 0 aliphatic rings. The molecule has 0 saturated heterocycles. The van der Waals surface area contributed by atoms with Gasteiger partial charge < -0.3 is 15.4 Å². The number of ether oxygens (including phenoxy) is 1. The largest absolute Gasteiger partial charge is 0.486 e. The molecule has 0 fully saturated rings. The van der Waals surface area contributed by atoms with Crippen molar-refractivity contribution in [3.8, 4) is 5.75 Å². The lowest BCUT2D eigenvalue weighted by atomic mass is 10.3. The predicted molar refractivity (Wildman–Crippen MR) is 92.5 cm³/mol. The van der Waals surface area contributed by atoms with Gasteiger partial charge in [-0.3, -0.25) is 4.68 Å². The van der Waals surface area contributed by atoms with E-state index in [9.17, 15) is 4.39 Å². The summed E-state index contributed by atoms with van der Waals surface area (Å²) >= 11 is 0. The zero-order valence-electron chi connectivity index (χ0n) is 14.3. The first-order valence-electron chi connectivity index (χ1n) is 8.00. The molecule has 1 heterocycles. The fraction of sp³-hybridized carbons (Fsp3) is 0.412. The van der Waals surface area contributed by atoms with E-state index < -0.39 is 0 Å². The SMILES string of the molecule is CCNC(=NCc1ccnn1C)NCC(C)Oc1ccccc1F. The third-order valence-electron chi connectivity index (χ3n) is 3.39. The Bertz CT molecular complexity index is 671. The summed E-state index contributed by atoms with van der Waals surface area (Å²) < 4.78 is 21.0. The molecule has 24 heavy (non-hydrogen) atoms. The molecule has 1 aromatic heterocycles. The summed E-state index contributed by atoms with van der Waals surface area (Å²) in [5.74, 6) is 0.576. The van der Waals surface area contributed by atoms with Crippen LogP contribution in [0.4, 0.5) is 4.39 Å². The molecule has 0 spiro atoms. The van der Waals surface area contributed by atoms with Crippen LogP contribution in [0.5, 0.6) is 5.75 Å². The van der Waals surface area contributed by atoms with E-state index in [0.29, 0.717) is 19.0 Å². The van der Waals surface area contributed by atoms with Crippen molar-refractivity contribution in [3.05, 3.63) is 48.0 Å². The smallest absolute Gasteiger partial charge is 0.191 e. The molecule has 7 heteroatoms. The number of para-hydroxylation sites is 1. The van der Waals surface area contributed by atoms with Crippen molar-refractivity contribution in [2.45, 2.75) is 26.5 Å². The van der Waals surface area contributed by atoms with Crippen molar-refractivity contribution in [2.24, 2.45) is 12.0 Å². The van der Waals surface area contributed by atoms with Crippen molar-refractivity contribution in [2.75, 3.05) is 13.1 Å². The molecule has 6 nitrogen and oxygen atoms in total. The lowest BCUT2D eigenvalue weighted by Crippen LogP contribution is -2.41. The number of hydrogen-bond acceptors (Lipinski definition) is 3. The highest BCUT2D eigenvalue weighted by molar-refractivity contribution is 5.79. The number of aliphatic imine (C=N–C) groups is 1. The highest BCUT2D eigenvalue weighted by atomic mass is 19.1. The molecule has 0 radical (unpaired) electrons. The predicted octanol–water partition coefficient (Wildman–Crippen LogP) is 2.08. The summed E-state index contributed by atoms with van der Waals surface area (Å²) in [6.07, 6.45) is 1.54. The zero-order valence-corrected chi connectivity index (χ0v) is 14.3. The van der Waals surface area contributed by atoms with E-state index in [1.165, 1.54) is 6.07 Å². The monoisotopic (exact) mass is 333 g/mol. The number of hydrogen-bond donors (Lipinski definition) is 2. The topological polar surface area (TPSA) is 63.5 Å². The third kappa shape index (κ3) is 5.26. The van der Waals surface area contributed by atoms with E-state index in [0.717, 1.165) is 12.2 Å². The van der Waals surface area contributed by atoms with Crippen LogP contribution in [0.25, 0.3) is 0 Å². The number of rotatable bonds is 7. The standard InChI is InChI=1S/C17H24FN5O/c1-4-19-17(21-12-14-9-10-22-23(14)3)20-11-13(2)24-16-8-6-5-7-15(16)18/h5-10,13H,4,11-12H2,1-3H3,(H2,19,20,21). The maximum Gasteiger partial charge on any atom is 0.191 e. The lowest BCUT2D eigenvalue weighted by molar-refractivity contribution is 0.214. The summed E-state index contributed by atoms with van der Waals surface area (Å²) in [7, 11) is 1.88. The van der Waals surface area contributed by atoms with Crippen molar-refractivity contribution in [1.29, 1.82) is 0 Å². The fourth-order valence-corrected chi connectivity index (χ4v) is 2.10. The van der Waals surface area contributed by atoms with E-state index in [4.69, 9.17) is 4.74 Å². The van der Waals surface area contributed by atoms with E-state index in [1.54, 1.807) is 29.1 Å². The average molecular weight is 333 g/mol. The molecule has 2 aromatic rings. The first kappa shape index (κ1) is 17.8. The van der Waals surface area contributed by atoms with E-state index >= 15 is 0 Å². The summed E-state index contributed by atoms with van der Waals surface area (Å²) in [5, 5.41) is 10.5. The highest BCUT2D eigenvalue weighted by Crippen LogP contribution is 2.16. The minimum absolute atomic E-state index is 0.206. The molecule has 0 amide bonds.